The lowest BCUT2D eigenvalue weighted by atomic mass is 10.0. The van der Waals surface area contributed by atoms with E-state index >= 15 is 0 Å². The molecule has 0 aliphatic rings. The van der Waals surface area contributed by atoms with Crippen molar-refractivity contribution in [1.82, 2.24) is 4.98 Å². The minimum atomic E-state index is 0.423. The molecule has 0 fully saturated rings. The predicted molar refractivity (Wildman–Crippen MR) is 70.6 cm³/mol. The summed E-state index contributed by atoms with van der Waals surface area (Å²) in [5.41, 5.74) is 3.12. The Morgan fingerprint density at radius 3 is 2.69 bits per heavy atom. The highest BCUT2D eigenvalue weighted by Crippen LogP contribution is 2.32. The summed E-state index contributed by atoms with van der Waals surface area (Å²) in [6.45, 7) is 11.9. The van der Waals surface area contributed by atoms with Gasteiger partial charge in [-0.25, -0.2) is 4.98 Å². The van der Waals surface area contributed by atoms with E-state index in [0.29, 0.717) is 5.92 Å². The molecule has 1 aromatic rings. The van der Waals surface area contributed by atoms with Crippen molar-refractivity contribution in [2.24, 2.45) is 4.99 Å². The van der Waals surface area contributed by atoms with Gasteiger partial charge < -0.3 is 5.32 Å². The molecule has 0 aliphatic carbocycles. The van der Waals surface area contributed by atoms with Gasteiger partial charge in [0.1, 0.15) is 5.69 Å². The maximum atomic E-state index is 4.54. The zero-order valence-corrected chi connectivity index (χ0v) is 10.4. The van der Waals surface area contributed by atoms with Gasteiger partial charge >= 0.3 is 0 Å². The van der Waals surface area contributed by atoms with Crippen LogP contribution in [-0.2, 0) is 0 Å². The summed E-state index contributed by atoms with van der Waals surface area (Å²) in [5.74, 6) is 1.19. The Morgan fingerprint density at radius 1 is 1.50 bits per heavy atom. The molecule has 3 nitrogen and oxygen atoms in total. The van der Waals surface area contributed by atoms with Crippen molar-refractivity contribution >= 4 is 17.2 Å². The first-order valence-electron chi connectivity index (χ1n) is 5.44. The van der Waals surface area contributed by atoms with Crippen molar-refractivity contribution in [2.45, 2.75) is 33.6 Å². The Balaban J connectivity index is 3.34. The Kier molecular flexibility index (Phi) is 4.23. The fraction of sp³-hybridized carbons (Fsp3) is 0.385. The van der Waals surface area contributed by atoms with Crippen molar-refractivity contribution < 1.29 is 0 Å². The number of rotatable bonds is 4. The van der Waals surface area contributed by atoms with E-state index in [9.17, 15) is 0 Å². The van der Waals surface area contributed by atoms with Crippen molar-refractivity contribution in [3.8, 4) is 0 Å². The second kappa shape index (κ2) is 5.45. The van der Waals surface area contributed by atoms with Crippen LogP contribution < -0.4 is 5.32 Å². The van der Waals surface area contributed by atoms with E-state index in [-0.39, 0.29) is 0 Å². The first-order chi connectivity index (χ1) is 7.56. The van der Waals surface area contributed by atoms with Gasteiger partial charge in [0.25, 0.3) is 0 Å². The number of hydrogen-bond acceptors (Lipinski definition) is 3. The summed E-state index contributed by atoms with van der Waals surface area (Å²) in [6.07, 6.45) is 3.42. The molecule has 3 heteroatoms. The van der Waals surface area contributed by atoms with E-state index in [1.54, 1.807) is 12.4 Å². The molecule has 0 saturated heterocycles. The zero-order chi connectivity index (χ0) is 12.1. The van der Waals surface area contributed by atoms with Crippen LogP contribution >= 0.6 is 0 Å². The largest absolute Gasteiger partial charge is 0.345 e. The van der Waals surface area contributed by atoms with E-state index in [2.05, 4.69) is 35.7 Å². The summed E-state index contributed by atoms with van der Waals surface area (Å²) < 4.78 is 0. The first-order valence-corrected chi connectivity index (χ1v) is 5.44. The van der Waals surface area contributed by atoms with Crippen LogP contribution in [0.4, 0.5) is 11.5 Å². The molecule has 0 unspecified atom stereocenters. The summed E-state index contributed by atoms with van der Waals surface area (Å²) in [4.78, 5) is 8.82. The second-order valence-corrected chi connectivity index (χ2v) is 4.16. The third-order valence-electron chi connectivity index (χ3n) is 2.15. The lowest BCUT2D eigenvalue weighted by Crippen LogP contribution is -1.97. The summed E-state index contributed by atoms with van der Waals surface area (Å²) in [6, 6.07) is 2.01. The SMILES string of the molecule is C=CNc1nccc(C(C)C)c1N=C(C)C. The topological polar surface area (TPSA) is 37.3 Å². The molecule has 0 atom stereocenters. The molecule has 0 bridgehead atoms. The van der Waals surface area contributed by atoms with E-state index in [1.165, 1.54) is 5.56 Å². The lowest BCUT2D eigenvalue weighted by Gasteiger charge is -2.13. The summed E-state index contributed by atoms with van der Waals surface area (Å²) in [7, 11) is 0. The first kappa shape index (κ1) is 12.4. The highest BCUT2D eigenvalue weighted by atomic mass is 15.0. The standard InChI is InChI=1S/C13H19N3/c1-6-14-13-12(16-10(4)5)11(9(2)3)7-8-15-13/h6-9H,1H2,2-5H3,(H,14,15). The fourth-order valence-corrected chi connectivity index (χ4v) is 1.48. The molecule has 0 amide bonds. The van der Waals surface area contributed by atoms with Gasteiger partial charge in [-0.15, -0.1) is 0 Å². The molecule has 0 saturated carbocycles. The highest BCUT2D eigenvalue weighted by Gasteiger charge is 2.10. The van der Waals surface area contributed by atoms with Gasteiger partial charge in [0, 0.05) is 11.9 Å². The average molecular weight is 217 g/mol. The molecule has 0 aliphatic heterocycles. The van der Waals surface area contributed by atoms with Crippen LogP contribution in [0.25, 0.3) is 0 Å². The van der Waals surface area contributed by atoms with Crippen LogP contribution in [0.1, 0.15) is 39.2 Å². The molecular weight excluding hydrogens is 198 g/mol. The fourth-order valence-electron chi connectivity index (χ4n) is 1.48. The van der Waals surface area contributed by atoms with E-state index < -0.39 is 0 Å². The number of anilines is 1. The third kappa shape index (κ3) is 2.92. The molecule has 1 rings (SSSR count). The van der Waals surface area contributed by atoms with E-state index in [4.69, 9.17) is 0 Å². The van der Waals surface area contributed by atoms with Gasteiger partial charge in [0.2, 0.25) is 0 Å². The van der Waals surface area contributed by atoms with Crippen LogP contribution in [0.5, 0.6) is 0 Å². The molecule has 0 radical (unpaired) electrons. The predicted octanol–water partition coefficient (Wildman–Crippen LogP) is 3.87. The Bertz CT molecular complexity index is 402. The average Bonchev–Trinajstić information content (AvgIpc) is 2.19. The van der Waals surface area contributed by atoms with Crippen LogP contribution in [0.3, 0.4) is 0 Å². The number of nitrogens with one attached hydrogen (secondary N) is 1. The third-order valence-corrected chi connectivity index (χ3v) is 2.15. The summed E-state index contributed by atoms with van der Waals surface area (Å²) >= 11 is 0. The minimum Gasteiger partial charge on any atom is -0.345 e. The maximum Gasteiger partial charge on any atom is 0.156 e. The van der Waals surface area contributed by atoms with Crippen molar-refractivity contribution in [1.29, 1.82) is 0 Å². The van der Waals surface area contributed by atoms with E-state index in [1.807, 2.05) is 19.9 Å². The number of aromatic nitrogens is 1. The van der Waals surface area contributed by atoms with Crippen LogP contribution in [0.15, 0.2) is 30.0 Å². The van der Waals surface area contributed by atoms with Crippen molar-refractivity contribution in [2.75, 3.05) is 5.32 Å². The monoisotopic (exact) mass is 217 g/mol. The van der Waals surface area contributed by atoms with Gasteiger partial charge in [-0.3, -0.25) is 4.99 Å². The van der Waals surface area contributed by atoms with Crippen LogP contribution in [0, 0.1) is 0 Å². The highest BCUT2D eigenvalue weighted by molar-refractivity contribution is 5.85. The lowest BCUT2D eigenvalue weighted by molar-refractivity contribution is 0.864. The number of hydrogen-bond donors (Lipinski definition) is 1. The molecule has 1 N–H and O–H groups in total. The maximum absolute atomic E-state index is 4.54. The van der Waals surface area contributed by atoms with Crippen LogP contribution in [0.2, 0.25) is 0 Å². The molecule has 0 aromatic carbocycles. The molecular formula is C13H19N3. The number of nitrogens with zero attached hydrogens (tertiary/aromatic N) is 2. The summed E-state index contributed by atoms with van der Waals surface area (Å²) in [5, 5.41) is 3.02. The normalized spacial score (nSPS) is 10.1. The van der Waals surface area contributed by atoms with Gasteiger partial charge in [-0.1, -0.05) is 20.4 Å². The van der Waals surface area contributed by atoms with E-state index in [0.717, 1.165) is 17.2 Å². The second-order valence-electron chi connectivity index (χ2n) is 4.16. The number of aliphatic imine (C=N–C) groups is 1. The van der Waals surface area contributed by atoms with Gasteiger partial charge in [-0.05, 0) is 37.6 Å². The van der Waals surface area contributed by atoms with Crippen molar-refractivity contribution in [3.63, 3.8) is 0 Å². The van der Waals surface area contributed by atoms with Crippen LogP contribution in [-0.4, -0.2) is 10.7 Å². The van der Waals surface area contributed by atoms with Crippen molar-refractivity contribution in [3.05, 3.63) is 30.6 Å². The molecule has 0 spiro atoms. The smallest absolute Gasteiger partial charge is 0.156 e. The molecule has 16 heavy (non-hydrogen) atoms. The molecule has 1 heterocycles. The Hall–Kier alpha value is -1.64. The molecule has 1 aromatic heterocycles. The zero-order valence-electron chi connectivity index (χ0n) is 10.4. The molecule has 86 valence electrons. The number of pyridine rings is 1. The Labute approximate surface area is 97.3 Å². The Morgan fingerprint density at radius 2 is 2.19 bits per heavy atom. The van der Waals surface area contributed by atoms with Gasteiger partial charge in [0.15, 0.2) is 5.82 Å². The van der Waals surface area contributed by atoms with Gasteiger partial charge in [0.05, 0.1) is 0 Å². The van der Waals surface area contributed by atoms with Gasteiger partial charge in [-0.2, -0.15) is 0 Å². The minimum absolute atomic E-state index is 0.423. The quantitative estimate of drug-likeness (QED) is 0.777.